The van der Waals surface area contributed by atoms with Crippen molar-refractivity contribution in [1.29, 1.82) is 0 Å². The van der Waals surface area contributed by atoms with Crippen LogP contribution in [0.2, 0.25) is 0 Å². The van der Waals surface area contributed by atoms with E-state index in [-0.39, 0.29) is 5.41 Å². The van der Waals surface area contributed by atoms with Gasteiger partial charge >= 0.3 is 5.97 Å². The Kier molecular flexibility index (Phi) is 4.62. The number of carbonyl (C=O) groups excluding carboxylic acids is 1. The maximum atomic E-state index is 11.8. The Labute approximate surface area is 150 Å². The van der Waals surface area contributed by atoms with Gasteiger partial charge < -0.3 is 9.47 Å². The predicted molar refractivity (Wildman–Crippen MR) is 94.4 cm³/mol. The molecule has 0 aliphatic carbocycles. The lowest BCUT2D eigenvalue weighted by Crippen LogP contribution is -2.17. The van der Waals surface area contributed by atoms with Crippen molar-refractivity contribution in [2.24, 2.45) is 5.41 Å². The maximum absolute atomic E-state index is 11.8. The van der Waals surface area contributed by atoms with E-state index >= 15 is 0 Å². The second-order valence-electron chi connectivity index (χ2n) is 7.02. The Morgan fingerprint density at radius 3 is 2.62 bits per heavy atom. The lowest BCUT2D eigenvalue weighted by Gasteiger charge is -2.18. The van der Waals surface area contributed by atoms with Gasteiger partial charge in [0.25, 0.3) is 5.95 Å². The van der Waals surface area contributed by atoms with Crippen molar-refractivity contribution in [1.82, 2.24) is 29.5 Å². The lowest BCUT2D eigenvalue weighted by atomic mass is 9.97. The summed E-state index contributed by atoms with van der Waals surface area (Å²) in [7, 11) is 1.55. The number of hydrogen-bond acceptors (Lipinski definition) is 7. The topological polar surface area (TPSA) is 97.0 Å². The number of aromatic nitrogens is 6. The number of esters is 1. The highest BCUT2D eigenvalue weighted by molar-refractivity contribution is 5.88. The van der Waals surface area contributed by atoms with E-state index in [2.05, 4.69) is 40.9 Å². The summed E-state index contributed by atoms with van der Waals surface area (Å²) in [5.41, 5.74) is 1.74. The molecule has 0 aliphatic rings. The third kappa shape index (κ3) is 3.51. The average Bonchev–Trinajstić information content (AvgIpc) is 3.20. The van der Waals surface area contributed by atoms with Crippen LogP contribution in [0.15, 0.2) is 18.6 Å². The molecular weight excluding hydrogens is 336 g/mol. The Balaban J connectivity index is 2.02. The molecule has 0 amide bonds. The van der Waals surface area contributed by atoms with E-state index < -0.39 is 5.97 Å². The molecule has 3 aromatic heterocycles. The molecule has 0 saturated carbocycles. The van der Waals surface area contributed by atoms with Crippen LogP contribution in [0.25, 0.3) is 17.0 Å². The predicted octanol–water partition coefficient (Wildman–Crippen LogP) is 2.24. The zero-order chi connectivity index (χ0) is 18.9. The zero-order valence-corrected chi connectivity index (χ0v) is 15.6. The van der Waals surface area contributed by atoms with Crippen LogP contribution in [-0.2, 0) is 11.3 Å². The minimum Gasteiger partial charge on any atom is -0.479 e. The first-order valence-corrected chi connectivity index (χ1v) is 8.32. The number of hydrogen-bond donors (Lipinski definition) is 0. The first kappa shape index (κ1) is 17.8. The third-order valence-corrected chi connectivity index (χ3v) is 3.56. The van der Waals surface area contributed by atoms with Gasteiger partial charge in [-0.05, 0) is 12.3 Å². The van der Waals surface area contributed by atoms with Gasteiger partial charge in [0.05, 0.1) is 31.7 Å². The van der Waals surface area contributed by atoms with Crippen LogP contribution < -0.4 is 4.74 Å². The molecule has 0 saturated heterocycles. The van der Waals surface area contributed by atoms with Gasteiger partial charge in [0.2, 0.25) is 5.88 Å². The second-order valence-corrected chi connectivity index (χ2v) is 7.02. The second kappa shape index (κ2) is 6.74. The molecule has 3 heterocycles. The van der Waals surface area contributed by atoms with Gasteiger partial charge in [0, 0.05) is 12.7 Å². The highest BCUT2D eigenvalue weighted by Gasteiger charge is 2.20. The molecule has 26 heavy (non-hydrogen) atoms. The normalized spacial score (nSPS) is 11.7. The fraction of sp³-hybridized carbons (Fsp3) is 0.471. The molecule has 3 aromatic rings. The van der Waals surface area contributed by atoms with Crippen molar-refractivity contribution in [2.75, 3.05) is 13.7 Å². The Hall–Kier alpha value is -2.97. The van der Waals surface area contributed by atoms with Crippen LogP contribution in [0.5, 0.6) is 5.88 Å². The highest BCUT2D eigenvalue weighted by atomic mass is 16.5. The van der Waals surface area contributed by atoms with E-state index in [1.807, 2.05) is 4.68 Å². The molecule has 0 spiro atoms. The molecule has 0 fully saturated rings. The number of carbonyl (C=O) groups is 1. The van der Waals surface area contributed by atoms with Gasteiger partial charge in [-0.2, -0.15) is 15.2 Å². The number of ether oxygens (including phenoxy) is 2. The van der Waals surface area contributed by atoms with Crippen molar-refractivity contribution >= 4 is 17.0 Å². The minimum absolute atomic E-state index is 0.0408. The monoisotopic (exact) mass is 358 g/mol. The molecule has 0 aliphatic heterocycles. The SMILES string of the molecule is CCOC(=O)c1cnn(-c2nc(OC)c3c(cnn3CC(C)(C)C)n2)c1. The quantitative estimate of drug-likeness (QED) is 0.645. The standard InChI is InChI=1S/C17H22N6O3/c1-6-26-15(24)11-7-18-22(9-11)16-20-12-8-19-23(10-17(2,3)4)13(12)14(21-16)25-5/h7-9H,6,10H2,1-5H3. The molecule has 9 heteroatoms. The summed E-state index contributed by atoms with van der Waals surface area (Å²) in [5, 5.41) is 8.56. The summed E-state index contributed by atoms with van der Waals surface area (Å²) in [6, 6.07) is 0. The van der Waals surface area contributed by atoms with Crippen LogP contribution in [0.3, 0.4) is 0 Å². The van der Waals surface area contributed by atoms with Crippen LogP contribution in [0.4, 0.5) is 0 Å². The number of nitrogens with zero attached hydrogens (tertiary/aromatic N) is 6. The Morgan fingerprint density at radius 1 is 1.19 bits per heavy atom. The summed E-state index contributed by atoms with van der Waals surface area (Å²) in [6.45, 7) is 9.13. The van der Waals surface area contributed by atoms with Crippen LogP contribution in [0, 0.1) is 5.41 Å². The van der Waals surface area contributed by atoms with Crippen LogP contribution >= 0.6 is 0 Å². The fourth-order valence-electron chi connectivity index (χ4n) is 2.52. The van der Waals surface area contributed by atoms with Gasteiger partial charge in [-0.15, -0.1) is 0 Å². The summed E-state index contributed by atoms with van der Waals surface area (Å²) < 4.78 is 13.7. The first-order valence-electron chi connectivity index (χ1n) is 8.32. The van der Waals surface area contributed by atoms with Crippen molar-refractivity contribution < 1.29 is 14.3 Å². The summed E-state index contributed by atoms with van der Waals surface area (Å²) in [4.78, 5) is 20.7. The molecule has 0 atom stereocenters. The Morgan fingerprint density at radius 2 is 1.96 bits per heavy atom. The third-order valence-electron chi connectivity index (χ3n) is 3.56. The molecule has 0 bridgehead atoms. The molecule has 9 nitrogen and oxygen atoms in total. The van der Waals surface area contributed by atoms with Crippen molar-refractivity contribution in [2.45, 2.75) is 34.2 Å². The van der Waals surface area contributed by atoms with E-state index in [0.717, 1.165) is 5.52 Å². The van der Waals surface area contributed by atoms with E-state index in [1.165, 1.54) is 17.1 Å². The van der Waals surface area contributed by atoms with Gasteiger partial charge in [-0.1, -0.05) is 20.8 Å². The van der Waals surface area contributed by atoms with Gasteiger partial charge in [-0.25, -0.2) is 14.5 Å². The molecule has 0 radical (unpaired) electrons. The Bertz CT molecular complexity index is 938. The summed E-state index contributed by atoms with van der Waals surface area (Å²) in [5.74, 6) is 0.255. The smallest absolute Gasteiger partial charge is 0.341 e. The molecule has 0 aromatic carbocycles. The molecule has 3 rings (SSSR count). The largest absolute Gasteiger partial charge is 0.479 e. The summed E-state index contributed by atoms with van der Waals surface area (Å²) >= 11 is 0. The van der Waals surface area contributed by atoms with Crippen LogP contribution in [0.1, 0.15) is 38.1 Å². The number of rotatable bonds is 5. The first-order chi connectivity index (χ1) is 12.3. The average molecular weight is 358 g/mol. The van der Waals surface area contributed by atoms with Gasteiger partial charge in [0.15, 0.2) is 0 Å². The zero-order valence-electron chi connectivity index (χ0n) is 15.6. The van der Waals surface area contributed by atoms with E-state index in [9.17, 15) is 4.79 Å². The van der Waals surface area contributed by atoms with Gasteiger partial charge in [-0.3, -0.25) is 4.68 Å². The number of methoxy groups -OCH3 is 1. The molecular formula is C17H22N6O3. The van der Waals surface area contributed by atoms with Crippen molar-refractivity contribution in [3.8, 4) is 11.8 Å². The lowest BCUT2D eigenvalue weighted by molar-refractivity contribution is 0.0526. The van der Waals surface area contributed by atoms with E-state index in [1.54, 1.807) is 20.2 Å². The summed E-state index contributed by atoms with van der Waals surface area (Å²) in [6.07, 6.45) is 4.61. The van der Waals surface area contributed by atoms with E-state index in [0.29, 0.717) is 36.1 Å². The number of fused-ring (bicyclic) bond motifs is 1. The highest BCUT2D eigenvalue weighted by Crippen LogP contribution is 2.26. The molecule has 0 N–H and O–H groups in total. The van der Waals surface area contributed by atoms with Crippen molar-refractivity contribution in [3.63, 3.8) is 0 Å². The van der Waals surface area contributed by atoms with Gasteiger partial charge in [0.1, 0.15) is 11.0 Å². The van der Waals surface area contributed by atoms with E-state index in [4.69, 9.17) is 9.47 Å². The van der Waals surface area contributed by atoms with Crippen LogP contribution in [-0.4, -0.2) is 49.2 Å². The molecule has 138 valence electrons. The fourth-order valence-corrected chi connectivity index (χ4v) is 2.52. The minimum atomic E-state index is -0.440. The molecule has 0 unspecified atom stereocenters. The maximum Gasteiger partial charge on any atom is 0.341 e. The van der Waals surface area contributed by atoms with Crippen molar-refractivity contribution in [3.05, 3.63) is 24.2 Å².